The number of aldehydes is 1. The predicted molar refractivity (Wildman–Crippen MR) is 195 cm³/mol. The van der Waals surface area contributed by atoms with Crippen molar-refractivity contribution in [1.29, 1.82) is 0 Å². The van der Waals surface area contributed by atoms with Gasteiger partial charge in [0.2, 0.25) is 0 Å². The fraction of sp³-hybridized carbons (Fsp3) is 0.341. The fourth-order valence-electron chi connectivity index (χ4n) is 6.19. The third-order valence-corrected chi connectivity index (χ3v) is 8.92. The molecule has 50 heavy (non-hydrogen) atoms. The lowest BCUT2D eigenvalue weighted by atomic mass is 9.95. The van der Waals surface area contributed by atoms with E-state index in [4.69, 9.17) is 20.3 Å². The molecule has 0 heterocycles. The molecule has 0 atom stereocenters. The maximum absolute atomic E-state index is 12.7. The monoisotopic (exact) mass is 682 g/mol. The van der Waals surface area contributed by atoms with E-state index in [1.165, 1.54) is 11.1 Å². The Balaban J connectivity index is 0.000000222. The number of para-hydroxylation sites is 2. The van der Waals surface area contributed by atoms with Gasteiger partial charge >= 0.3 is 11.9 Å². The maximum Gasteiger partial charge on any atom is 0.327 e. The van der Waals surface area contributed by atoms with Crippen LogP contribution >= 0.6 is 0 Å². The van der Waals surface area contributed by atoms with Crippen LogP contribution in [0.1, 0.15) is 70.6 Å². The third kappa shape index (κ3) is 9.16. The molecule has 2 aliphatic carbocycles. The minimum Gasteiger partial charge on any atom is -0.507 e. The van der Waals surface area contributed by atoms with Gasteiger partial charge in [-0.2, -0.15) is 0 Å². The first-order valence-electron chi connectivity index (χ1n) is 16.5. The van der Waals surface area contributed by atoms with Crippen molar-refractivity contribution < 1.29 is 34.1 Å². The van der Waals surface area contributed by atoms with E-state index in [1.54, 1.807) is 32.0 Å². The van der Waals surface area contributed by atoms with Crippen LogP contribution in [0, 0.1) is 13.8 Å². The van der Waals surface area contributed by atoms with Gasteiger partial charge in [0.05, 0.1) is 18.8 Å². The van der Waals surface area contributed by atoms with E-state index >= 15 is 0 Å². The second-order valence-electron chi connectivity index (χ2n) is 12.5. The van der Waals surface area contributed by atoms with E-state index in [-0.39, 0.29) is 30.9 Å². The molecule has 4 aromatic carbocycles. The number of rotatable bonds is 8. The molecule has 0 saturated carbocycles. The number of hydrogen-bond donors (Lipinski definition) is 4. The van der Waals surface area contributed by atoms with E-state index in [0.717, 1.165) is 27.8 Å². The summed E-state index contributed by atoms with van der Waals surface area (Å²) in [5, 5.41) is 22.8. The quantitative estimate of drug-likeness (QED) is 0.128. The number of phenolic OH excluding ortho intramolecular Hbond substituents is 2. The van der Waals surface area contributed by atoms with Gasteiger partial charge in [0, 0.05) is 37.8 Å². The second kappa shape index (κ2) is 17.6. The summed E-state index contributed by atoms with van der Waals surface area (Å²) in [5.74, 6) is -0.161. The van der Waals surface area contributed by atoms with Gasteiger partial charge in [0.15, 0.2) is 6.29 Å². The SMILES string of the molecule is C.CCOC(=O)C1(N)Cc2ccccc2C1.CCOC(=O)C1(NCc2cccc(C)c2O)Cc2ccccc2C1.Cc1cccc(C=O)c1O. The van der Waals surface area contributed by atoms with Crippen LogP contribution in [0.25, 0.3) is 0 Å². The van der Waals surface area contributed by atoms with Crippen LogP contribution in [0.15, 0.2) is 84.9 Å². The molecule has 0 amide bonds. The first-order chi connectivity index (χ1) is 23.5. The Morgan fingerprint density at radius 2 is 1.18 bits per heavy atom. The highest BCUT2D eigenvalue weighted by Gasteiger charge is 2.45. The van der Waals surface area contributed by atoms with Crippen molar-refractivity contribution in [3.8, 4) is 11.5 Å². The molecule has 9 nitrogen and oxygen atoms in total. The molecule has 0 aromatic heterocycles. The van der Waals surface area contributed by atoms with Crippen LogP contribution in [0.4, 0.5) is 0 Å². The van der Waals surface area contributed by atoms with Gasteiger partial charge < -0.3 is 25.4 Å². The fourth-order valence-corrected chi connectivity index (χ4v) is 6.19. The molecule has 0 saturated heterocycles. The Labute approximate surface area is 295 Å². The van der Waals surface area contributed by atoms with E-state index in [0.29, 0.717) is 57.3 Å². The van der Waals surface area contributed by atoms with Crippen LogP contribution in [0.3, 0.4) is 0 Å². The standard InChI is InChI=1S/C20H23NO3.C12H15NO2.C8H8O2.CH4/c1-3-24-19(23)20(11-15-8-4-5-9-16(15)12-20)21-13-17-10-6-7-14(2)18(17)22;1-2-15-11(14)12(13)7-9-5-3-4-6-10(9)8-12;1-6-3-2-4-7(5-9)8(6)10;/h4-10,21-22H,3,11-13H2,1-2H3;3-6H,2,7-8,13H2,1H3;2-5,10H,1H3;1H4. The number of aromatic hydroxyl groups is 2. The summed E-state index contributed by atoms with van der Waals surface area (Å²) in [6.07, 6.45) is 3.02. The number of aryl methyl sites for hydroxylation is 2. The van der Waals surface area contributed by atoms with E-state index < -0.39 is 11.1 Å². The number of nitrogens with one attached hydrogen (secondary N) is 1. The number of carbonyl (C=O) groups excluding carboxylic acids is 3. The summed E-state index contributed by atoms with van der Waals surface area (Å²) < 4.78 is 10.3. The topological polar surface area (TPSA) is 148 Å². The van der Waals surface area contributed by atoms with Crippen molar-refractivity contribution in [2.45, 2.75) is 78.4 Å². The van der Waals surface area contributed by atoms with Gasteiger partial charge in [-0.05, 0) is 67.1 Å². The first-order valence-corrected chi connectivity index (χ1v) is 16.5. The highest BCUT2D eigenvalue weighted by Crippen LogP contribution is 2.33. The van der Waals surface area contributed by atoms with E-state index in [2.05, 4.69) is 17.4 Å². The molecule has 266 valence electrons. The van der Waals surface area contributed by atoms with Crippen LogP contribution in [0.2, 0.25) is 0 Å². The zero-order valence-electron chi connectivity index (χ0n) is 28.6. The smallest absolute Gasteiger partial charge is 0.327 e. The van der Waals surface area contributed by atoms with Crippen LogP contribution in [0.5, 0.6) is 11.5 Å². The second-order valence-corrected chi connectivity index (χ2v) is 12.5. The van der Waals surface area contributed by atoms with Gasteiger partial charge in [-0.1, -0.05) is 86.3 Å². The van der Waals surface area contributed by atoms with Crippen LogP contribution < -0.4 is 11.1 Å². The number of phenols is 2. The summed E-state index contributed by atoms with van der Waals surface area (Å²) in [7, 11) is 0. The molecule has 6 rings (SSSR count). The van der Waals surface area contributed by atoms with Crippen LogP contribution in [-0.2, 0) is 51.3 Å². The number of fused-ring (bicyclic) bond motifs is 2. The lowest BCUT2D eigenvalue weighted by molar-refractivity contribution is -0.151. The molecule has 4 aromatic rings. The Morgan fingerprint density at radius 1 is 0.720 bits per heavy atom. The van der Waals surface area contributed by atoms with Gasteiger partial charge in [0.1, 0.15) is 22.6 Å². The normalized spacial score (nSPS) is 14.3. The summed E-state index contributed by atoms with van der Waals surface area (Å²) in [6, 6.07) is 26.8. The van der Waals surface area contributed by atoms with Crippen molar-refractivity contribution in [3.63, 3.8) is 0 Å². The number of nitrogens with two attached hydrogens (primary N) is 1. The zero-order valence-corrected chi connectivity index (χ0v) is 28.6. The lowest BCUT2D eigenvalue weighted by Crippen LogP contribution is -2.53. The maximum atomic E-state index is 12.7. The minimum atomic E-state index is -0.848. The van der Waals surface area contributed by atoms with Gasteiger partial charge in [-0.3, -0.25) is 19.7 Å². The molecule has 0 spiro atoms. The predicted octanol–water partition coefficient (Wildman–Crippen LogP) is 6.09. The van der Waals surface area contributed by atoms with Crippen LogP contribution in [-0.4, -0.2) is 52.7 Å². The Morgan fingerprint density at radius 3 is 1.66 bits per heavy atom. The molecular formula is C41H50N2O7. The minimum absolute atomic E-state index is 0. The molecule has 0 aliphatic heterocycles. The van der Waals surface area contributed by atoms with Crippen molar-refractivity contribution in [3.05, 3.63) is 129 Å². The van der Waals surface area contributed by atoms with E-state index in [9.17, 15) is 19.5 Å². The number of hydrogen-bond acceptors (Lipinski definition) is 9. The largest absolute Gasteiger partial charge is 0.507 e. The Hall–Kier alpha value is -4.99. The number of ether oxygens (including phenoxy) is 2. The molecule has 5 N–H and O–H groups in total. The molecule has 0 unspecified atom stereocenters. The number of benzene rings is 4. The molecule has 0 bridgehead atoms. The van der Waals surface area contributed by atoms with Crippen molar-refractivity contribution in [2.24, 2.45) is 5.73 Å². The molecule has 9 heteroatoms. The van der Waals surface area contributed by atoms with Crippen molar-refractivity contribution in [1.82, 2.24) is 5.32 Å². The average molecular weight is 683 g/mol. The summed E-state index contributed by atoms with van der Waals surface area (Å²) in [5.41, 5.74) is 11.8. The summed E-state index contributed by atoms with van der Waals surface area (Å²) >= 11 is 0. The van der Waals surface area contributed by atoms with Gasteiger partial charge in [-0.15, -0.1) is 0 Å². The van der Waals surface area contributed by atoms with Crippen molar-refractivity contribution in [2.75, 3.05) is 13.2 Å². The Bertz CT molecular complexity index is 1730. The summed E-state index contributed by atoms with van der Waals surface area (Å²) in [4.78, 5) is 34.6. The first kappa shape index (κ1) is 39.4. The van der Waals surface area contributed by atoms with E-state index in [1.807, 2.05) is 68.4 Å². The zero-order chi connectivity index (χ0) is 35.6. The number of esters is 2. The molecule has 0 fully saturated rings. The average Bonchev–Trinajstić information content (AvgIpc) is 3.66. The molecular weight excluding hydrogens is 632 g/mol. The number of carbonyl (C=O) groups is 3. The third-order valence-electron chi connectivity index (χ3n) is 8.92. The van der Waals surface area contributed by atoms with Gasteiger partial charge in [-0.25, -0.2) is 0 Å². The highest BCUT2D eigenvalue weighted by molar-refractivity contribution is 5.84. The summed E-state index contributed by atoms with van der Waals surface area (Å²) in [6.45, 7) is 8.39. The molecule has 2 aliphatic rings. The Kier molecular flexibility index (Phi) is 13.9. The van der Waals surface area contributed by atoms with Crippen molar-refractivity contribution >= 4 is 18.2 Å². The highest BCUT2D eigenvalue weighted by atomic mass is 16.5. The van der Waals surface area contributed by atoms with Gasteiger partial charge in [0.25, 0.3) is 0 Å². The molecule has 0 radical (unpaired) electrons. The lowest BCUT2D eigenvalue weighted by Gasteiger charge is -2.28.